The molecule has 4 rings (SSSR count). The fraction of sp³-hybridized carbons (Fsp3) is 0.471. The maximum absolute atomic E-state index is 15.1. The summed E-state index contributed by atoms with van der Waals surface area (Å²) in [6.07, 6.45) is 4.01. The van der Waals surface area contributed by atoms with Crippen LogP contribution in [0.2, 0.25) is 0 Å². The van der Waals surface area contributed by atoms with Crippen LogP contribution < -0.4 is 5.32 Å². The van der Waals surface area contributed by atoms with Crippen LogP contribution in [0.3, 0.4) is 0 Å². The number of piperidine rings is 1. The van der Waals surface area contributed by atoms with Crippen molar-refractivity contribution < 1.29 is 4.39 Å². The Morgan fingerprint density at radius 2 is 1.90 bits per heavy atom. The van der Waals surface area contributed by atoms with Crippen molar-refractivity contribution >= 4 is 11.3 Å². The molecule has 2 aromatic rings. The Kier molecular flexibility index (Phi) is 3.31. The van der Waals surface area contributed by atoms with Crippen molar-refractivity contribution in [2.24, 2.45) is 0 Å². The summed E-state index contributed by atoms with van der Waals surface area (Å²) in [7, 11) is 0. The van der Waals surface area contributed by atoms with Gasteiger partial charge >= 0.3 is 0 Å². The fourth-order valence-corrected chi connectivity index (χ4v) is 4.67. The number of hydrogen-bond acceptors (Lipinski definition) is 3. The van der Waals surface area contributed by atoms with E-state index >= 15 is 4.39 Å². The Hall–Kier alpha value is -1.26. The van der Waals surface area contributed by atoms with Crippen LogP contribution in [0.5, 0.6) is 0 Å². The molecule has 1 aromatic heterocycles. The van der Waals surface area contributed by atoms with Gasteiger partial charge in [-0.25, -0.2) is 9.37 Å². The van der Waals surface area contributed by atoms with E-state index in [1.54, 1.807) is 11.3 Å². The molecule has 1 N–H and O–H groups in total. The highest BCUT2D eigenvalue weighted by Gasteiger charge is 2.44. The van der Waals surface area contributed by atoms with Crippen molar-refractivity contribution in [1.29, 1.82) is 0 Å². The Morgan fingerprint density at radius 3 is 2.62 bits per heavy atom. The third kappa shape index (κ3) is 2.74. The lowest BCUT2D eigenvalue weighted by atomic mass is 9.87. The highest BCUT2D eigenvalue weighted by molar-refractivity contribution is 7.09. The molecule has 2 bridgehead atoms. The van der Waals surface area contributed by atoms with E-state index in [1.807, 2.05) is 23.6 Å². The number of hydrogen-bond donors (Lipinski definition) is 1. The molecule has 0 aliphatic carbocycles. The van der Waals surface area contributed by atoms with Crippen molar-refractivity contribution in [2.45, 2.75) is 49.9 Å². The van der Waals surface area contributed by atoms with Gasteiger partial charge in [0.2, 0.25) is 0 Å². The number of halogens is 1. The molecule has 2 unspecified atom stereocenters. The standard InChI is InChI=1S/C17H19FN2S/c18-17(8-13-6-7-14(9-17)19-13)10-16-20-15(11-21-16)12-4-2-1-3-5-12/h1-5,11,13-14,19H,6-10H2. The summed E-state index contributed by atoms with van der Waals surface area (Å²) >= 11 is 1.59. The van der Waals surface area contributed by atoms with Gasteiger partial charge in [0.1, 0.15) is 5.67 Å². The number of nitrogens with zero attached hydrogens (tertiary/aromatic N) is 1. The smallest absolute Gasteiger partial charge is 0.120 e. The fourth-order valence-electron chi connectivity index (χ4n) is 3.74. The zero-order valence-electron chi connectivity index (χ0n) is 11.9. The predicted octanol–water partition coefficient (Wildman–Crippen LogP) is 3.98. The lowest BCUT2D eigenvalue weighted by molar-refractivity contribution is 0.0893. The largest absolute Gasteiger partial charge is 0.311 e. The summed E-state index contributed by atoms with van der Waals surface area (Å²) in [5.74, 6) is 0. The van der Waals surface area contributed by atoms with Gasteiger partial charge in [-0.05, 0) is 25.7 Å². The summed E-state index contributed by atoms with van der Waals surface area (Å²) in [4.78, 5) is 4.65. The van der Waals surface area contributed by atoms with Crippen LogP contribution >= 0.6 is 11.3 Å². The number of fused-ring (bicyclic) bond motifs is 2. The number of nitrogens with one attached hydrogen (secondary N) is 1. The molecule has 3 heterocycles. The molecule has 2 fully saturated rings. The summed E-state index contributed by atoms with van der Waals surface area (Å²) < 4.78 is 15.1. The average Bonchev–Trinajstić information content (AvgIpc) is 3.06. The highest BCUT2D eigenvalue weighted by atomic mass is 32.1. The van der Waals surface area contributed by atoms with Gasteiger partial charge in [-0.2, -0.15) is 0 Å². The Labute approximate surface area is 128 Å². The lowest BCUT2D eigenvalue weighted by Crippen LogP contribution is -2.47. The minimum absolute atomic E-state index is 0.377. The normalized spacial score (nSPS) is 31.5. The number of aromatic nitrogens is 1. The monoisotopic (exact) mass is 302 g/mol. The summed E-state index contributed by atoms with van der Waals surface area (Å²) in [6, 6.07) is 10.9. The molecule has 2 aliphatic heterocycles. The molecular formula is C17H19FN2S. The summed E-state index contributed by atoms with van der Waals surface area (Å²) in [6.45, 7) is 0. The third-order valence-electron chi connectivity index (χ3n) is 4.65. The number of thiazole rings is 1. The topological polar surface area (TPSA) is 24.9 Å². The minimum Gasteiger partial charge on any atom is -0.311 e. The quantitative estimate of drug-likeness (QED) is 0.928. The zero-order chi connectivity index (χ0) is 14.3. The molecule has 2 atom stereocenters. The lowest BCUT2D eigenvalue weighted by Gasteiger charge is -2.34. The molecule has 0 saturated carbocycles. The second-order valence-electron chi connectivity index (χ2n) is 6.37. The molecule has 21 heavy (non-hydrogen) atoms. The second-order valence-corrected chi connectivity index (χ2v) is 7.31. The van der Waals surface area contributed by atoms with Gasteiger partial charge in [-0.15, -0.1) is 11.3 Å². The first-order valence-electron chi connectivity index (χ1n) is 7.65. The molecule has 0 spiro atoms. The first kappa shape index (κ1) is 13.4. The average molecular weight is 302 g/mol. The summed E-state index contributed by atoms with van der Waals surface area (Å²) in [5.41, 5.74) is 1.01. The third-order valence-corrected chi connectivity index (χ3v) is 5.50. The molecule has 2 saturated heterocycles. The van der Waals surface area contributed by atoms with Crippen LogP contribution in [-0.4, -0.2) is 22.7 Å². The van der Waals surface area contributed by atoms with Gasteiger partial charge < -0.3 is 5.32 Å². The SMILES string of the molecule is FC1(Cc2nc(-c3ccccc3)cs2)CC2CCC(C1)N2. The highest BCUT2D eigenvalue weighted by Crippen LogP contribution is 2.39. The van der Waals surface area contributed by atoms with E-state index in [0.717, 1.165) is 29.1 Å². The van der Waals surface area contributed by atoms with Gasteiger partial charge in [-0.3, -0.25) is 0 Å². The van der Waals surface area contributed by atoms with Crippen LogP contribution in [-0.2, 0) is 6.42 Å². The van der Waals surface area contributed by atoms with Crippen LogP contribution in [0.15, 0.2) is 35.7 Å². The van der Waals surface area contributed by atoms with E-state index in [4.69, 9.17) is 0 Å². The van der Waals surface area contributed by atoms with E-state index in [0.29, 0.717) is 31.3 Å². The maximum atomic E-state index is 15.1. The molecule has 1 aromatic carbocycles. The summed E-state index contributed by atoms with van der Waals surface area (Å²) in [5, 5.41) is 6.48. The van der Waals surface area contributed by atoms with Gasteiger partial charge in [0, 0.05) is 29.4 Å². The van der Waals surface area contributed by atoms with Gasteiger partial charge in [-0.1, -0.05) is 30.3 Å². The van der Waals surface area contributed by atoms with Crippen molar-refractivity contribution in [3.63, 3.8) is 0 Å². The Bertz CT molecular complexity index is 613. The Balaban J connectivity index is 1.52. The second kappa shape index (κ2) is 5.18. The van der Waals surface area contributed by atoms with Gasteiger partial charge in [0.15, 0.2) is 0 Å². The molecular weight excluding hydrogens is 283 g/mol. The molecule has 110 valence electrons. The molecule has 0 amide bonds. The van der Waals surface area contributed by atoms with Crippen molar-refractivity contribution in [3.05, 3.63) is 40.7 Å². The zero-order valence-corrected chi connectivity index (χ0v) is 12.7. The van der Waals surface area contributed by atoms with E-state index in [2.05, 4.69) is 22.4 Å². The minimum atomic E-state index is -1.07. The molecule has 4 heteroatoms. The first-order chi connectivity index (χ1) is 10.2. The number of benzene rings is 1. The predicted molar refractivity (Wildman–Crippen MR) is 84.3 cm³/mol. The van der Waals surface area contributed by atoms with Crippen molar-refractivity contribution in [3.8, 4) is 11.3 Å². The van der Waals surface area contributed by atoms with E-state index in [1.165, 1.54) is 0 Å². The maximum Gasteiger partial charge on any atom is 0.120 e. The van der Waals surface area contributed by atoms with E-state index in [9.17, 15) is 0 Å². The van der Waals surface area contributed by atoms with E-state index < -0.39 is 5.67 Å². The van der Waals surface area contributed by atoms with Crippen molar-refractivity contribution in [1.82, 2.24) is 10.3 Å². The van der Waals surface area contributed by atoms with Crippen LogP contribution in [0.4, 0.5) is 4.39 Å². The van der Waals surface area contributed by atoms with Gasteiger partial charge in [0.25, 0.3) is 0 Å². The van der Waals surface area contributed by atoms with Crippen LogP contribution in [0.1, 0.15) is 30.7 Å². The number of alkyl halides is 1. The van der Waals surface area contributed by atoms with Crippen LogP contribution in [0, 0.1) is 0 Å². The molecule has 0 radical (unpaired) electrons. The van der Waals surface area contributed by atoms with E-state index in [-0.39, 0.29) is 0 Å². The number of rotatable bonds is 3. The molecule has 2 aliphatic rings. The van der Waals surface area contributed by atoms with Crippen LogP contribution in [0.25, 0.3) is 11.3 Å². The van der Waals surface area contributed by atoms with Crippen molar-refractivity contribution in [2.75, 3.05) is 0 Å². The Morgan fingerprint density at radius 1 is 1.19 bits per heavy atom. The first-order valence-corrected chi connectivity index (χ1v) is 8.53. The van der Waals surface area contributed by atoms with Gasteiger partial charge in [0.05, 0.1) is 10.7 Å². The molecule has 2 nitrogen and oxygen atoms in total.